The minimum Gasteiger partial charge on any atom is -0.478 e. The van der Waals surface area contributed by atoms with Crippen molar-refractivity contribution in [1.82, 2.24) is 10.4 Å². The number of hydroxylamine groups is 2. The van der Waals surface area contributed by atoms with Gasteiger partial charge < -0.3 is 20.6 Å². The molecule has 39 heavy (non-hydrogen) atoms. The van der Waals surface area contributed by atoms with Crippen LogP contribution in [0, 0.1) is 29.1 Å². The van der Waals surface area contributed by atoms with Crippen molar-refractivity contribution in [1.29, 1.82) is 0 Å². The Bertz CT molecular complexity index is 1230. The second-order valence-corrected chi connectivity index (χ2v) is 12.3. The SMILES string of the molecule is C[C@H](O)[C@@H]1[C@H](CO)ON(Cc2cccc(-c3ccccc3C(=O)O)c2)[C@@H]1C(=O)N[C@H]1C[C@@H]2CC([C@@H]1C)C2(C)C. The number of benzene rings is 2. The number of carbonyl (C=O) groups excluding carboxylic acids is 1. The first kappa shape index (κ1) is 27.8. The maximum atomic E-state index is 13.8. The summed E-state index contributed by atoms with van der Waals surface area (Å²) in [7, 11) is 0. The first-order chi connectivity index (χ1) is 18.5. The van der Waals surface area contributed by atoms with E-state index in [1.165, 1.54) is 6.42 Å². The molecule has 0 aromatic heterocycles. The molecule has 1 amide bonds. The molecule has 2 aromatic carbocycles. The molecule has 6 rings (SSSR count). The summed E-state index contributed by atoms with van der Waals surface area (Å²) < 4.78 is 0. The van der Waals surface area contributed by atoms with E-state index in [1.807, 2.05) is 24.3 Å². The molecule has 210 valence electrons. The molecule has 2 aromatic rings. The molecule has 4 fully saturated rings. The van der Waals surface area contributed by atoms with Crippen LogP contribution in [-0.4, -0.2) is 63.2 Å². The van der Waals surface area contributed by atoms with Crippen LogP contribution in [0.5, 0.6) is 0 Å². The monoisotopic (exact) mass is 536 g/mol. The van der Waals surface area contributed by atoms with Gasteiger partial charge in [0.15, 0.2) is 0 Å². The van der Waals surface area contributed by atoms with Gasteiger partial charge in [-0.25, -0.2) is 4.79 Å². The van der Waals surface area contributed by atoms with Crippen molar-refractivity contribution in [3.05, 3.63) is 59.7 Å². The molecule has 1 unspecified atom stereocenters. The second-order valence-electron chi connectivity index (χ2n) is 12.3. The van der Waals surface area contributed by atoms with Crippen LogP contribution in [0.25, 0.3) is 11.1 Å². The van der Waals surface area contributed by atoms with Crippen LogP contribution in [0.15, 0.2) is 48.5 Å². The third kappa shape index (κ3) is 4.99. The minimum absolute atomic E-state index is 0.0646. The largest absolute Gasteiger partial charge is 0.478 e. The maximum Gasteiger partial charge on any atom is 0.336 e. The highest BCUT2D eigenvalue weighted by Crippen LogP contribution is 2.61. The first-order valence-corrected chi connectivity index (χ1v) is 14.0. The van der Waals surface area contributed by atoms with Crippen LogP contribution in [0.1, 0.15) is 56.5 Å². The number of nitrogens with one attached hydrogen (secondary N) is 1. The molecular weight excluding hydrogens is 496 g/mol. The van der Waals surface area contributed by atoms with Crippen molar-refractivity contribution in [2.24, 2.45) is 29.1 Å². The Hall–Kier alpha value is -2.78. The van der Waals surface area contributed by atoms with E-state index in [0.717, 1.165) is 17.5 Å². The van der Waals surface area contributed by atoms with Crippen LogP contribution in [0.4, 0.5) is 0 Å². The van der Waals surface area contributed by atoms with Gasteiger partial charge in [-0.3, -0.25) is 9.63 Å². The molecule has 4 N–H and O–H groups in total. The zero-order valence-electron chi connectivity index (χ0n) is 23.1. The quantitative estimate of drug-likeness (QED) is 0.406. The Balaban J connectivity index is 1.39. The minimum atomic E-state index is -1.00. The molecule has 3 saturated carbocycles. The molecule has 1 saturated heterocycles. The van der Waals surface area contributed by atoms with Crippen molar-refractivity contribution in [2.75, 3.05) is 6.61 Å². The summed E-state index contributed by atoms with van der Waals surface area (Å²) in [6, 6.07) is 13.6. The number of carbonyl (C=O) groups is 2. The van der Waals surface area contributed by atoms with Crippen LogP contribution >= 0.6 is 0 Å². The van der Waals surface area contributed by atoms with Crippen LogP contribution in [-0.2, 0) is 16.2 Å². The van der Waals surface area contributed by atoms with Gasteiger partial charge in [0.2, 0.25) is 5.91 Å². The highest BCUT2D eigenvalue weighted by Gasteiger charge is 2.57. The van der Waals surface area contributed by atoms with E-state index < -0.39 is 30.1 Å². The highest BCUT2D eigenvalue weighted by molar-refractivity contribution is 5.96. The van der Waals surface area contributed by atoms with Gasteiger partial charge in [-0.2, -0.15) is 5.06 Å². The Morgan fingerprint density at radius 2 is 1.90 bits per heavy atom. The van der Waals surface area contributed by atoms with Crippen LogP contribution in [0.2, 0.25) is 0 Å². The fourth-order valence-electron chi connectivity index (χ4n) is 7.42. The van der Waals surface area contributed by atoms with Gasteiger partial charge in [0, 0.05) is 12.0 Å². The number of aliphatic hydroxyl groups is 2. The number of hydrogen-bond acceptors (Lipinski definition) is 6. The molecule has 3 aliphatic carbocycles. The zero-order chi connectivity index (χ0) is 28.1. The van der Waals surface area contributed by atoms with Crippen molar-refractivity contribution in [3.8, 4) is 11.1 Å². The molecule has 1 aliphatic heterocycles. The average molecular weight is 537 g/mol. The molecular formula is C31H40N2O6. The first-order valence-electron chi connectivity index (χ1n) is 14.0. The molecule has 0 spiro atoms. The summed E-state index contributed by atoms with van der Waals surface area (Å²) in [4.78, 5) is 31.7. The predicted molar refractivity (Wildman–Crippen MR) is 146 cm³/mol. The van der Waals surface area contributed by atoms with E-state index in [4.69, 9.17) is 4.84 Å². The maximum absolute atomic E-state index is 13.8. The normalized spacial score (nSPS) is 32.3. The van der Waals surface area contributed by atoms with E-state index in [1.54, 1.807) is 36.3 Å². The van der Waals surface area contributed by atoms with Crippen molar-refractivity contribution in [3.63, 3.8) is 0 Å². The van der Waals surface area contributed by atoms with Crippen molar-refractivity contribution in [2.45, 2.75) is 71.4 Å². The van der Waals surface area contributed by atoms with Crippen molar-refractivity contribution >= 4 is 11.9 Å². The Morgan fingerprint density at radius 3 is 2.54 bits per heavy atom. The summed E-state index contributed by atoms with van der Waals surface area (Å²) in [6.45, 7) is 8.42. The van der Waals surface area contributed by atoms with Gasteiger partial charge >= 0.3 is 5.97 Å². The third-order valence-electron chi connectivity index (χ3n) is 9.80. The standard InChI is InChI=1S/C31H40N2O6/c1-17-24-13-21(31(24,3)4)14-25(17)32-29(36)28-27(18(2)35)26(16-34)39-33(28)15-19-8-7-9-20(12-19)22-10-5-6-11-23(22)30(37)38/h5-12,17-18,21,24-28,34-35H,13-16H2,1-4H3,(H,32,36)(H,37,38)/t17-,18-,21-,24?,25-,26-,27+,28-/m0/s1. The highest BCUT2D eigenvalue weighted by atomic mass is 16.7. The topological polar surface area (TPSA) is 119 Å². The second kappa shape index (κ2) is 10.7. The summed E-state index contributed by atoms with van der Waals surface area (Å²) in [6.07, 6.45) is 0.571. The fourth-order valence-corrected chi connectivity index (χ4v) is 7.42. The van der Waals surface area contributed by atoms with Crippen LogP contribution < -0.4 is 5.32 Å². The number of nitrogens with zero attached hydrogens (tertiary/aromatic N) is 1. The molecule has 0 radical (unpaired) electrons. The van der Waals surface area contributed by atoms with E-state index in [-0.39, 0.29) is 30.7 Å². The number of fused-ring (bicyclic) bond motifs is 2. The van der Waals surface area contributed by atoms with E-state index in [9.17, 15) is 24.9 Å². The van der Waals surface area contributed by atoms with Crippen molar-refractivity contribution < 1.29 is 29.7 Å². The van der Waals surface area contributed by atoms with Crippen LogP contribution in [0.3, 0.4) is 0 Å². The lowest BCUT2D eigenvalue weighted by atomic mass is 9.45. The number of aliphatic hydroxyl groups excluding tert-OH is 2. The van der Waals surface area contributed by atoms with Gasteiger partial charge in [-0.15, -0.1) is 0 Å². The van der Waals surface area contributed by atoms with Gasteiger partial charge in [-0.05, 0) is 71.8 Å². The van der Waals surface area contributed by atoms with E-state index in [0.29, 0.717) is 28.7 Å². The lowest BCUT2D eigenvalue weighted by molar-refractivity contribution is -0.183. The summed E-state index contributed by atoms with van der Waals surface area (Å²) in [5.41, 5.74) is 2.68. The molecule has 1 heterocycles. The van der Waals surface area contributed by atoms with Gasteiger partial charge in [-0.1, -0.05) is 57.2 Å². The number of hydrogen-bond donors (Lipinski definition) is 4. The van der Waals surface area contributed by atoms with E-state index >= 15 is 0 Å². The summed E-state index contributed by atoms with van der Waals surface area (Å²) in [5, 5.41) is 35.2. The Labute approximate surface area is 229 Å². The lowest BCUT2D eigenvalue weighted by Gasteiger charge is -2.62. The number of aromatic carboxylic acids is 1. The molecule has 8 heteroatoms. The smallest absolute Gasteiger partial charge is 0.336 e. The van der Waals surface area contributed by atoms with Gasteiger partial charge in [0.25, 0.3) is 0 Å². The third-order valence-corrected chi connectivity index (χ3v) is 9.80. The average Bonchev–Trinajstić information content (AvgIpc) is 3.28. The number of amides is 1. The number of rotatable bonds is 8. The van der Waals surface area contributed by atoms with Gasteiger partial charge in [0.05, 0.1) is 24.8 Å². The molecule has 8 atom stereocenters. The number of carboxylic acid groups (broad SMARTS) is 1. The van der Waals surface area contributed by atoms with E-state index in [2.05, 4.69) is 26.1 Å². The molecule has 2 bridgehead atoms. The number of carboxylic acids is 1. The summed E-state index contributed by atoms with van der Waals surface area (Å²) in [5.74, 6) is -0.273. The summed E-state index contributed by atoms with van der Waals surface area (Å²) >= 11 is 0. The Kier molecular flexibility index (Phi) is 7.59. The van der Waals surface area contributed by atoms with Gasteiger partial charge in [0.1, 0.15) is 12.1 Å². The lowest BCUT2D eigenvalue weighted by Crippen LogP contribution is -2.62. The molecule has 4 aliphatic rings. The Morgan fingerprint density at radius 1 is 1.15 bits per heavy atom. The fraction of sp³-hybridized carbons (Fsp3) is 0.548. The molecule has 8 nitrogen and oxygen atoms in total. The predicted octanol–water partition coefficient (Wildman–Crippen LogP) is 3.71. The zero-order valence-corrected chi connectivity index (χ0v) is 23.1.